The van der Waals surface area contributed by atoms with Gasteiger partial charge in [-0.25, -0.2) is 4.79 Å². The molecule has 2 fully saturated rings. The highest BCUT2D eigenvalue weighted by Crippen LogP contribution is 2.57. The van der Waals surface area contributed by atoms with Crippen LogP contribution >= 0.6 is 0 Å². The fraction of sp³-hybridized carbons (Fsp3) is 0.909. The minimum absolute atomic E-state index is 0.138. The van der Waals surface area contributed by atoms with Gasteiger partial charge < -0.3 is 14.6 Å². The van der Waals surface area contributed by atoms with Gasteiger partial charge in [0.1, 0.15) is 0 Å². The Kier molecular flexibility index (Phi) is 2.98. The van der Waals surface area contributed by atoms with Crippen molar-refractivity contribution in [2.24, 2.45) is 11.3 Å². The summed E-state index contributed by atoms with van der Waals surface area (Å²) in [6.45, 7) is 1.52. The van der Waals surface area contributed by atoms with E-state index in [1.165, 1.54) is 7.11 Å². The number of carboxylic acid groups (broad SMARTS) is 1. The maximum absolute atomic E-state index is 11.1. The molecule has 1 aliphatic carbocycles. The molecule has 0 bridgehead atoms. The predicted octanol–water partition coefficient (Wildman–Crippen LogP) is 1.29. The van der Waals surface area contributed by atoms with Gasteiger partial charge in [-0.1, -0.05) is 0 Å². The number of carbonyl (C=O) groups is 1. The Balaban J connectivity index is 2.07. The molecule has 0 aromatic carbocycles. The number of hydrogen-bond donors (Lipinski definition) is 1. The van der Waals surface area contributed by atoms with E-state index in [2.05, 4.69) is 0 Å². The molecule has 86 valence electrons. The summed E-state index contributed by atoms with van der Waals surface area (Å²) >= 11 is 0. The van der Waals surface area contributed by atoms with Crippen molar-refractivity contribution in [2.75, 3.05) is 20.3 Å². The molecule has 2 aliphatic rings. The lowest BCUT2D eigenvalue weighted by Gasteiger charge is -2.33. The maximum atomic E-state index is 11.1. The van der Waals surface area contributed by atoms with Crippen molar-refractivity contribution in [1.82, 2.24) is 0 Å². The highest BCUT2D eigenvalue weighted by Gasteiger charge is 2.58. The lowest BCUT2D eigenvalue weighted by molar-refractivity contribution is -0.157. The van der Waals surface area contributed by atoms with Crippen LogP contribution in [-0.2, 0) is 14.3 Å². The zero-order valence-electron chi connectivity index (χ0n) is 9.07. The first-order valence-corrected chi connectivity index (χ1v) is 5.54. The van der Waals surface area contributed by atoms with E-state index in [0.29, 0.717) is 12.5 Å². The topological polar surface area (TPSA) is 55.8 Å². The second kappa shape index (κ2) is 4.10. The summed E-state index contributed by atoms with van der Waals surface area (Å²) in [5, 5.41) is 9.11. The average Bonchev–Trinajstić information content (AvgIpc) is 3.01. The van der Waals surface area contributed by atoms with Gasteiger partial charge in [-0.2, -0.15) is 0 Å². The lowest BCUT2D eigenvalue weighted by Crippen LogP contribution is -2.40. The number of methoxy groups -OCH3 is 1. The lowest BCUT2D eigenvalue weighted by atomic mass is 9.80. The predicted molar refractivity (Wildman–Crippen MR) is 53.6 cm³/mol. The van der Waals surface area contributed by atoms with E-state index in [9.17, 15) is 4.79 Å². The Morgan fingerprint density at radius 2 is 2.33 bits per heavy atom. The van der Waals surface area contributed by atoms with Crippen LogP contribution in [0, 0.1) is 11.3 Å². The van der Waals surface area contributed by atoms with Crippen LogP contribution in [0.4, 0.5) is 0 Å². The molecule has 4 heteroatoms. The molecule has 0 radical (unpaired) electrons. The van der Waals surface area contributed by atoms with Gasteiger partial charge >= 0.3 is 5.97 Å². The molecule has 2 atom stereocenters. The van der Waals surface area contributed by atoms with Crippen molar-refractivity contribution in [3.8, 4) is 0 Å². The van der Waals surface area contributed by atoms with Crippen LogP contribution in [0.1, 0.15) is 25.7 Å². The maximum Gasteiger partial charge on any atom is 0.333 e. The molecule has 0 aromatic rings. The minimum atomic E-state index is -0.833. The van der Waals surface area contributed by atoms with Crippen LogP contribution in [0.5, 0.6) is 0 Å². The molecule has 1 saturated heterocycles. The van der Waals surface area contributed by atoms with Crippen molar-refractivity contribution in [2.45, 2.75) is 31.8 Å². The molecule has 1 aliphatic heterocycles. The minimum Gasteiger partial charge on any atom is -0.479 e. The molecule has 4 nitrogen and oxygen atoms in total. The number of carboxylic acids is 1. The first-order valence-electron chi connectivity index (χ1n) is 5.54. The summed E-state index contributed by atoms with van der Waals surface area (Å²) in [4.78, 5) is 11.1. The molecule has 2 unspecified atom stereocenters. The van der Waals surface area contributed by atoms with Gasteiger partial charge in [-0.15, -0.1) is 0 Å². The summed E-state index contributed by atoms with van der Waals surface area (Å²) in [6.07, 6.45) is 3.40. The van der Waals surface area contributed by atoms with E-state index in [4.69, 9.17) is 14.6 Å². The number of ether oxygens (including phenoxy) is 2. The number of hydrogen-bond acceptors (Lipinski definition) is 3. The summed E-state index contributed by atoms with van der Waals surface area (Å²) in [6, 6.07) is 0. The van der Waals surface area contributed by atoms with E-state index < -0.39 is 12.1 Å². The van der Waals surface area contributed by atoms with Gasteiger partial charge in [-0.05, 0) is 31.6 Å². The van der Waals surface area contributed by atoms with Gasteiger partial charge in [0.15, 0.2) is 6.10 Å². The molecule has 1 saturated carbocycles. The third-order valence-electron chi connectivity index (χ3n) is 3.78. The third-order valence-corrected chi connectivity index (χ3v) is 3.78. The smallest absolute Gasteiger partial charge is 0.333 e. The van der Waals surface area contributed by atoms with Crippen LogP contribution < -0.4 is 0 Å². The number of aliphatic carboxylic acids is 1. The Bertz CT molecular complexity index is 241. The van der Waals surface area contributed by atoms with E-state index in [1.807, 2.05) is 0 Å². The van der Waals surface area contributed by atoms with Gasteiger partial charge in [-0.3, -0.25) is 0 Å². The monoisotopic (exact) mass is 214 g/mol. The average molecular weight is 214 g/mol. The Labute approximate surface area is 89.6 Å². The summed E-state index contributed by atoms with van der Waals surface area (Å²) in [7, 11) is 1.49. The van der Waals surface area contributed by atoms with E-state index in [-0.39, 0.29) is 5.41 Å². The van der Waals surface area contributed by atoms with Gasteiger partial charge in [0.2, 0.25) is 0 Å². The van der Waals surface area contributed by atoms with Crippen molar-refractivity contribution in [1.29, 1.82) is 0 Å². The summed E-state index contributed by atoms with van der Waals surface area (Å²) in [5.41, 5.74) is -0.138. The molecule has 2 rings (SSSR count). The highest BCUT2D eigenvalue weighted by molar-refractivity contribution is 5.74. The molecule has 15 heavy (non-hydrogen) atoms. The zero-order valence-corrected chi connectivity index (χ0v) is 9.07. The van der Waals surface area contributed by atoms with Crippen molar-refractivity contribution >= 4 is 5.97 Å². The first kappa shape index (κ1) is 10.9. The van der Waals surface area contributed by atoms with Crippen molar-refractivity contribution in [3.05, 3.63) is 0 Å². The third kappa shape index (κ3) is 1.88. The quantitative estimate of drug-likeness (QED) is 0.766. The van der Waals surface area contributed by atoms with Crippen LogP contribution in [-0.4, -0.2) is 37.5 Å². The van der Waals surface area contributed by atoms with E-state index in [1.54, 1.807) is 0 Å². The Hall–Kier alpha value is -0.610. The standard InChI is InChI=1S/C11H18O4/c1-14-9(10(12)13)11(4-5-11)8-3-2-6-15-7-8/h8-9H,2-7H2,1H3,(H,12,13). The van der Waals surface area contributed by atoms with Gasteiger partial charge in [0, 0.05) is 19.1 Å². The zero-order chi connectivity index (χ0) is 10.9. The van der Waals surface area contributed by atoms with Crippen LogP contribution in [0.2, 0.25) is 0 Å². The second-order valence-electron chi connectivity index (χ2n) is 4.60. The normalized spacial score (nSPS) is 30.9. The van der Waals surface area contributed by atoms with Crippen LogP contribution in [0.15, 0.2) is 0 Å². The molecule has 1 heterocycles. The summed E-state index contributed by atoms with van der Waals surface area (Å²) < 4.78 is 10.6. The van der Waals surface area contributed by atoms with Crippen molar-refractivity contribution in [3.63, 3.8) is 0 Å². The van der Waals surface area contributed by atoms with Gasteiger partial charge in [0.05, 0.1) is 6.61 Å². The highest BCUT2D eigenvalue weighted by atomic mass is 16.5. The van der Waals surface area contributed by atoms with Crippen molar-refractivity contribution < 1.29 is 19.4 Å². The number of rotatable bonds is 4. The first-order chi connectivity index (χ1) is 7.20. The molecule has 0 amide bonds. The Morgan fingerprint density at radius 1 is 1.60 bits per heavy atom. The molecule has 1 N–H and O–H groups in total. The van der Waals surface area contributed by atoms with Crippen LogP contribution in [0.25, 0.3) is 0 Å². The molecule has 0 aromatic heterocycles. The molecular weight excluding hydrogens is 196 g/mol. The van der Waals surface area contributed by atoms with E-state index in [0.717, 1.165) is 32.3 Å². The molecule has 0 spiro atoms. The SMILES string of the molecule is COC(C(=O)O)C1(C2CCCOC2)CC1. The fourth-order valence-electron chi connectivity index (χ4n) is 2.80. The van der Waals surface area contributed by atoms with Crippen LogP contribution in [0.3, 0.4) is 0 Å². The van der Waals surface area contributed by atoms with Gasteiger partial charge in [0.25, 0.3) is 0 Å². The molecular formula is C11H18O4. The Morgan fingerprint density at radius 3 is 2.73 bits per heavy atom. The summed E-state index contributed by atoms with van der Waals surface area (Å²) in [5.74, 6) is -0.465. The largest absolute Gasteiger partial charge is 0.479 e. The van der Waals surface area contributed by atoms with E-state index >= 15 is 0 Å². The second-order valence-corrected chi connectivity index (χ2v) is 4.60. The fourth-order valence-corrected chi connectivity index (χ4v) is 2.80.